The lowest BCUT2D eigenvalue weighted by molar-refractivity contribution is 0.0412. The van der Waals surface area contributed by atoms with Crippen LogP contribution >= 0.6 is 0 Å². The van der Waals surface area contributed by atoms with E-state index in [2.05, 4.69) is 4.90 Å². The Bertz CT molecular complexity index is 276. The van der Waals surface area contributed by atoms with Crippen molar-refractivity contribution in [2.24, 2.45) is 11.7 Å². The third kappa shape index (κ3) is 2.84. The molecule has 1 unspecified atom stereocenters. The molecule has 1 aliphatic carbocycles. The Kier molecular flexibility index (Phi) is 4.45. The molecule has 3 nitrogen and oxygen atoms in total. The van der Waals surface area contributed by atoms with Gasteiger partial charge in [0, 0.05) is 24.8 Å². The fourth-order valence-corrected chi connectivity index (χ4v) is 4.63. The van der Waals surface area contributed by atoms with Gasteiger partial charge in [-0.05, 0) is 64.0 Å². The Balaban J connectivity index is 1.64. The highest BCUT2D eigenvalue weighted by molar-refractivity contribution is 5.04. The van der Waals surface area contributed by atoms with E-state index in [9.17, 15) is 0 Å². The summed E-state index contributed by atoms with van der Waals surface area (Å²) in [4.78, 5) is 2.75. The standard InChI is InChI=1S/C16H30N2O/c17-15(13-14-5-11-19-12-6-14)16(7-1-2-8-16)18-9-3-4-10-18/h14-15H,1-13,17H2. The van der Waals surface area contributed by atoms with Crippen LogP contribution in [0, 0.1) is 5.92 Å². The minimum absolute atomic E-state index is 0.356. The SMILES string of the molecule is NC(CC1CCOCC1)C1(N2CCCC2)CCCC1. The number of hydrogen-bond acceptors (Lipinski definition) is 3. The van der Waals surface area contributed by atoms with Crippen LogP contribution < -0.4 is 5.73 Å². The molecule has 0 aromatic rings. The molecule has 0 aromatic heterocycles. The van der Waals surface area contributed by atoms with Crippen LogP contribution in [0.1, 0.15) is 57.8 Å². The number of ether oxygens (including phenoxy) is 1. The first-order chi connectivity index (χ1) is 9.31. The lowest BCUT2D eigenvalue weighted by atomic mass is 9.80. The van der Waals surface area contributed by atoms with E-state index >= 15 is 0 Å². The van der Waals surface area contributed by atoms with Gasteiger partial charge < -0.3 is 10.5 Å². The highest BCUT2D eigenvalue weighted by atomic mass is 16.5. The molecule has 1 atom stereocenters. The third-order valence-electron chi connectivity index (χ3n) is 5.82. The van der Waals surface area contributed by atoms with Gasteiger partial charge in [0.2, 0.25) is 0 Å². The molecule has 3 heteroatoms. The molecule has 0 amide bonds. The third-order valence-corrected chi connectivity index (χ3v) is 5.82. The Labute approximate surface area is 117 Å². The molecule has 2 aliphatic heterocycles. The molecule has 3 rings (SSSR count). The highest BCUT2D eigenvalue weighted by Crippen LogP contribution is 2.41. The Hall–Kier alpha value is -0.120. The zero-order valence-corrected chi connectivity index (χ0v) is 12.3. The topological polar surface area (TPSA) is 38.5 Å². The van der Waals surface area contributed by atoms with E-state index in [0.717, 1.165) is 19.1 Å². The van der Waals surface area contributed by atoms with Crippen molar-refractivity contribution in [2.45, 2.75) is 69.4 Å². The van der Waals surface area contributed by atoms with Crippen LogP contribution in [0.2, 0.25) is 0 Å². The summed E-state index contributed by atoms with van der Waals surface area (Å²) in [5.41, 5.74) is 7.10. The van der Waals surface area contributed by atoms with Gasteiger partial charge in [0.05, 0.1) is 0 Å². The van der Waals surface area contributed by atoms with Gasteiger partial charge in [-0.1, -0.05) is 12.8 Å². The van der Waals surface area contributed by atoms with Crippen LogP contribution in [0.15, 0.2) is 0 Å². The van der Waals surface area contributed by atoms with Gasteiger partial charge in [0.25, 0.3) is 0 Å². The second kappa shape index (κ2) is 6.11. The van der Waals surface area contributed by atoms with E-state index in [1.165, 1.54) is 70.9 Å². The number of nitrogens with zero attached hydrogens (tertiary/aromatic N) is 1. The van der Waals surface area contributed by atoms with Gasteiger partial charge >= 0.3 is 0 Å². The maximum atomic E-state index is 6.74. The summed E-state index contributed by atoms with van der Waals surface area (Å²) in [6, 6.07) is 0.385. The predicted molar refractivity (Wildman–Crippen MR) is 78.1 cm³/mol. The first kappa shape index (κ1) is 13.8. The largest absolute Gasteiger partial charge is 0.381 e. The molecule has 2 heterocycles. The molecule has 2 saturated heterocycles. The van der Waals surface area contributed by atoms with Gasteiger partial charge in [-0.15, -0.1) is 0 Å². The molecular formula is C16H30N2O. The lowest BCUT2D eigenvalue weighted by Gasteiger charge is -2.45. The van der Waals surface area contributed by atoms with Gasteiger partial charge in [-0.2, -0.15) is 0 Å². The van der Waals surface area contributed by atoms with Crippen LogP contribution in [0.4, 0.5) is 0 Å². The lowest BCUT2D eigenvalue weighted by Crippen LogP contribution is -2.58. The van der Waals surface area contributed by atoms with E-state index in [-0.39, 0.29) is 0 Å². The zero-order valence-electron chi connectivity index (χ0n) is 12.3. The fraction of sp³-hybridized carbons (Fsp3) is 1.00. The molecule has 110 valence electrons. The van der Waals surface area contributed by atoms with Crippen molar-refractivity contribution in [3.63, 3.8) is 0 Å². The van der Waals surface area contributed by atoms with E-state index in [4.69, 9.17) is 10.5 Å². The smallest absolute Gasteiger partial charge is 0.0468 e. The van der Waals surface area contributed by atoms with Crippen LogP contribution in [-0.4, -0.2) is 42.8 Å². The van der Waals surface area contributed by atoms with Crippen LogP contribution in [-0.2, 0) is 4.74 Å². The molecule has 3 aliphatic rings. The summed E-state index contributed by atoms with van der Waals surface area (Å²) in [5, 5.41) is 0. The van der Waals surface area contributed by atoms with Gasteiger partial charge in [-0.3, -0.25) is 4.90 Å². The maximum Gasteiger partial charge on any atom is 0.0468 e. The van der Waals surface area contributed by atoms with E-state index in [1.807, 2.05) is 0 Å². The zero-order chi connectivity index (χ0) is 13.1. The quantitative estimate of drug-likeness (QED) is 0.850. The van der Waals surface area contributed by atoms with Crippen LogP contribution in [0.5, 0.6) is 0 Å². The van der Waals surface area contributed by atoms with Crippen molar-refractivity contribution >= 4 is 0 Å². The molecule has 0 spiro atoms. The van der Waals surface area contributed by atoms with E-state index in [0.29, 0.717) is 11.6 Å². The summed E-state index contributed by atoms with van der Waals surface area (Å²) < 4.78 is 5.48. The van der Waals surface area contributed by atoms with Crippen LogP contribution in [0.3, 0.4) is 0 Å². The monoisotopic (exact) mass is 266 g/mol. The molecule has 0 bridgehead atoms. The normalized spacial score (nSPS) is 30.8. The molecule has 0 aromatic carbocycles. The summed E-state index contributed by atoms with van der Waals surface area (Å²) in [5.74, 6) is 0.809. The minimum atomic E-state index is 0.356. The molecule has 1 saturated carbocycles. The van der Waals surface area contributed by atoms with Crippen molar-refractivity contribution in [2.75, 3.05) is 26.3 Å². The summed E-state index contributed by atoms with van der Waals surface area (Å²) in [7, 11) is 0. The Morgan fingerprint density at radius 3 is 2.32 bits per heavy atom. The average molecular weight is 266 g/mol. The van der Waals surface area contributed by atoms with Gasteiger partial charge in [-0.25, -0.2) is 0 Å². The second-order valence-corrected chi connectivity index (χ2v) is 6.90. The fourth-order valence-electron chi connectivity index (χ4n) is 4.63. The summed E-state index contributed by atoms with van der Waals surface area (Å²) in [6.45, 7) is 4.49. The maximum absolute atomic E-state index is 6.74. The van der Waals surface area contributed by atoms with Crippen molar-refractivity contribution in [3.8, 4) is 0 Å². The van der Waals surface area contributed by atoms with Gasteiger partial charge in [0.1, 0.15) is 0 Å². The second-order valence-electron chi connectivity index (χ2n) is 6.90. The van der Waals surface area contributed by atoms with Crippen molar-refractivity contribution in [1.29, 1.82) is 0 Å². The first-order valence-corrected chi connectivity index (χ1v) is 8.40. The average Bonchev–Trinajstić information content (AvgIpc) is 3.12. The van der Waals surface area contributed by atoms with Crippen LogP contribution in [0.25, 0.3) is 0 Å². The first-order valence-electron chi connectivity index (χ1n) is 8.40. The van der Waals surface area contributed by atoms with Crippen molar-refractivity contribution in [1.82, 2.24) is 4.90 Å². The molecule has 19 heavy (non-hydrogen) atoms. The number of likely N-dealkylation sites (tertiary alicyclic amines) is 1. The molecule has 2 N–H and O–H groups in total. The number of rotatable bonds is 4. The number of nitrogens with two attached hydrogens (primary N) is 1. The van der Waals surface area contributed by atoms with E-state index in [1.54, 1.807) is 0 Å². The predicted octanol–water partition coefficient (Wildman–Crippen LogP) is 2.54. The highest BCUT2D eigenvalue weighted by Gasteiger charge is 2.45. The van der Waals surface area contributed by atoms with E-state index < -0.39 is 0 Å². The molecular weight excluding hydrogens is 236 g/mol. The minimum Gasteiger partial charge on any atom is -0.381 e. The number of hydrogen-bond donors (Lipinski definition) is 1. The summed E-state index contributed by atoms with van der Waals surface area (Å²) >= 11 is 0. The molecule has 0 radical (unpaired) electrons. The Morgan fingerprint density at radius 1 is 1.05 bits per heavy atom. The van der Waals surface area contributed by atoms with Gasteiger partial charge in [0.15, 0.2) is 0 Å². The van der Waals surface area contributed by atoms with Crippen molar-refractivity contribution < 1.29 is 4.74 Å². The molecule has 3 fully saturated rings. The summed E-state index contributed by atoms with van der Waals surface area (Å²) in [6.07, 6.45) is 11.9. The van der Waals surface area contributed by atoms with Crippen molar-refractivity contribution in [3.05, 3.63) is 0 Å². The Morgan fingerprint density at radius 2 is 1.68 bits per heavy atom.